The Labute approximate surface area is 186 Å². The van der Waals surface area contributed by atoms with E-state index in [9.17, 15) is 20.4 Å². The van der Waals surface area contributed by atoms with E-state index in [0.29, 0.717) is 25.9 Å². The van der Waals surface area contributed by atoms with Crippen LogP contribution in [-0.4, -0.2) is 64.0 Å². The SMILES string of the molecule is CCCCCCCC/C=C\CCCCCCCC(CCC(O)O)N(CCO)CCO. The molecule has 0 aromatic rings. The molecule has 5 nitrogen and oxygen atoms in total. The fraction of sp³-hybridized carbons (Fsp3) is 0.920. The number of hydrogen-bond acceptors (Lipinski definition) is 5. The molecular formula is C25H51NO4. The van der Waals surface area contributed by atoms with Crippen LogP contribution < -0.4 is 0 Å². The lowest BCUT2D eigenvalue weighted by Gasteiger charge is -2.31. The van der Waals surface area contributed by atoms with Gasteiger partial charge < -0.3 is 20.4 Å². The molecule has 0 aliphatic rings. The van der Waals surface area contributed by atoms with Gasteiger partial charge in [-0.25, -0.2) is 0 Å². The fourth-order valence-corrected chi connectivity index (χ4v) is 4.04. The van der Waals surface area contributed by atoms with Gasteiger partial charge in [-0.3, -0.25) is 4.90 Å². The minimum atomic E-state index is -1.29. The molecule has 30 heavy (non-hydrogen) atoms. The highest BCUT2D eigenvalue weighted by Gasteiger charge is 2.18. The van der Waals surface area contributed by atoms with Gasteiger partial charge in [-0.15, -0.1) is 0 Å². The molecule has 0 fully saturated rings. The number of rotatable bonds is 23. The molecule has 0 aliphatic heterocycles. The minimum Gasteiger partial charge on any atom is -0.395 e. The standard InChI is InChI=1S/C25H51NO4/c1-2-3-4-5-6-7-8-9-10-11-12-13-14-15-16-17-24(18-19-25(29)30)26(20-22-27)21-23-28/h9-10,24-25,27-30H,2-8,11-23H2,1H3/b10-9-. The molecule has 0 aliphatic carbocycles. The first-order valence-corrected chi connectivity index (χ1v) is 12.6. The molecule has 0 bridgehead atoms. The zero-order valence-electron chi connectivity index (χ0n) is 19.7. The van der Waals surface area contributed by atoms with E-state index in [0.717, 1.165) is 12.8 Å². The van der Waals surface area contributed by atoms with E-state index in [-0.39, 0.29) is 19.3 Å². The van der Waals surface area contributed by atoms with Gasteiger partial charge in [0.2, 0.25) is 0 Å². The van der Waals surface area contributed by atoms with Crippen LogP contribution in [-0.2, 0) is 0 Å². The zero-order valence-corrected chi connectivity index (χ0v) is 19.7. The summed E-state index contributed by atoms with van der Waals surface area (Å²) in [6, 6.07) is 0.191. The Bertz CT molecular complexity index is 357. The molecule has 0 heterocycles. The van der Waals surface area contributed by atoms with Crippen LogP contribution in [0, 0.1) is 0 Å². The predicted octanol–water partition coefficient (Wildman–Crippen LogP) is 4.77. The quantitative estimate of drug-likeness (QED) is 0.107. The molecule has 0 saturated heterocycles. The highest BCUT2D eigenvalue weighted by molar-refractivity contribution is 4.81. The lowest BCUT2D eigenvalue weighted by atomic mass is 10.0. The predicted molar refractivity (Wildman–Crippen MR) is 126 cm³/mol. The topological polar surface area (TPSA) is 84.2 Å². The summed E-state index contributed by atoms with van der Waals surface area (Å²) in [5.41, 5.74) is 0. The molecule has 180 valence electrons. The van der Waals surface area contributed by atoms with Gasteiger partial charge in [-0.05, 0) is 44.9 Å². The molecule has 0 aromatic carbocycles. The lowest BCUT2D eigenvalue weighted by molar-refractivity contribution is -0.0515. The molecular weight excluding hydrogens is 378 g/mol. The van der Waals surface area contributed by atoms with Gasteiger partial charge in [0, 0.05) is 19.1 Å². The van der Waals surface area contributed by atoms with E-state index in [1.807, 2.05) is 0 Å². The maximum absolute atomic E-state index is 9.27. The van der Waals surface area contributed by atoms with Crippen LogP contribution in [0.5, 0.6) is 0 Å². The number of nitrogens with zero attached hydrogens (tertiary/aromatic N) is 1. The van der Waals surface area contributed by atoms with Gasteiger partial charge in [-0.2, -0.15) is 0 Å². The first-order chi connectivity index (χ1) is 14.7. The van der Waals surface area contributed by atoms with Crippen LogP contribution in [0.25, 0.3) is 0 Å². The number of aliphatic hydroxyl groups is 4. The third-order valence-corrected chi connectivity index (χ3v) is 5.85. The van der Waals surface area contributed by atoms with Crippen molar-refractivity contribution in [3.8, 4) is 0 Å². The van der Waals surface area contributed by atoms with Gasteiger partial charge >= 0.3 is 0 Å². The Hall–Kier alpha value is -0.460. The lowest BCUT2D eigenvalue weighted by Crippen LogP contribution is -2.40. The number of unbranched alkanes of at least 4 members (excludes halogenated alkanes) is 11. The molecule has 0 spiro atoms. The number of hydrogen-bond donors (Lipinski definition) is 4. The third-order valence-electron chi connectivity index (χ3n) is 5.85. The Morgan fingerprint density at radius 1 is 0.633 bits per heavy atom. The van der Waals surface area contributed by atoms with Gasteiger partial charge in [0.25, 0.3) is 0 Å². The minimum absolute atomic E-state index is 0.0601. The second kappa shape index (κ2) is 23.2. The maximum atomic E-state index is 9.27. The average Bonchev–Trinajstić information content (AvgIpc) is 2.72. The molecule has 4 N–H and O–H groups in total. The highest BCUT2D eigenvalue weighted by Crippen LogP contribution is 2.17. The van der Waals surface area contributed by atoms with Crippen LogP contribution in [0.1, 0.15) is 110 Å². The van der Waals surface area contributed by atoms with E-state index in [4.69, 9.17) is 0 Å². The number of aliphatic hydroxyl groups excluding tert-OH is 3. The van der Waals surface area contributed by atoms with E-state index in [1.54, 1.807) is 0 Å². The summed E-state index contributed by atoms with van der Waals surface area (Å²) in [5, 5.41) is 36.9. The second-order valence-electron chi connectivity index (χ2n) is 8.57. The van der Waals surface area contributed by atoms with Crippen molar-refractivity contribution in [3.63, 3.8) is 0 Å². The Morgan fingerprint density at radius 3 is 1.63 bits per heavy atom. The van der Waals surface area contributed by atoms with Crippen molar-refractivity contribution in [3.05, 3.63) is 12.2 Å². The van der Waals surface area contributed by atoms with Crippen molar-refractivity contribution in [2.75, 3.05) is 26.3 Å². The fourth-order valence-electron chi connectivity index (χ4n) is 4.04. The highest BCUT2D eigenvalue weighted by atomic mass is 16.5. The summed E-state index contributed by atoms with van der Waals surface area (Å²) in [4.78, 5) is 2.08. The van der Waals surface area contributed by atoms with Crippen LogP contribution in [0.15, 0.2) is 12.2 Å². The van der Waals surface area contributed by atoms with Crippen LogP contribution in [0.2, 0.25) is 0 Å². The summed E-state index contributed by atoms with van der Waals surface area (Å²) in [6.45, 7) is 3.43. The van der Waals surface area contributed by atoms with E-state index in [1.165, 1.54) is 77.0 Å². The van der Waals surface area contributed by atoms with E-state index >= 15 is 0 Å². The van der Waals surface area contributed by atoms with Crippen LogP contribution >= 0.6 is 0 Å². The summed E-state index contributed by atoms with van der Waals surface area (Å²) in [5.74, 6) is 0. The third kappa shape index (κ3) is 19.5. The summed E-state index contributed by atoms with van der Waals surface area (Å²) >= 11 is 0. The molecule has 0 rings (SSSR count). The largest absolute Gasteiger partial charge is 0.395 e. The molecule has 0 amide bonds. The molecule has 1 unspecified atom stereocenters. The van der Waals surface area contributed by atoms with Gasteiger partial charge in [0.05, 0.1) is 13.2 Å². The monoisotopic (exact) mass is 429 g/mol. The van der Waals surface area contributed by atoms with Crippen molar-refractivity contribution in [2.24, 2.45) is 0 Å². The summed E-state index contributed by atoms with van der Waals surface area (Å²) in [7, 11) is 0. The van der Waals surface area contributed by atoms with Gasteiger partial charge in [-0.1, -0.05) is 76.9 Å². The summed E-state index contributed by atoms with van der Waals surface area (Å²) < 4.78 is 0. The smallest absolute Gasteiger partial charge is 0.151 e. The first kappa shape index (κ1) is 29.5. The van der Waals surface area contributed by atoms with Gasteiger partial charge in [0.1, 0.15) is 0 Å². The van der Waals surface area contributed by atoms with Crippen molar-refractivity contribution in [2.45, 2.75) is 122 Å². The zero-order chi connectivity index (χ0) is 22.3. The molecule has 5 heteroatoms. The Kier molecular flexibility index (Phi) is 22.9. The Morgan fingerprint density at radius 2 is 1.13 bits per heavy atom. The normalized spacial score (nSPS) is 13.2. The molecule has 0 aromatic heterocycles. The van der Waals surface area contributed by atoms with Crippen LogP contribution in [0.3, 0.4) is 0 Å². The van der Waals surface area contributed by atoms with Crippen LogP contribution in [0.4, 0.5) is 0 Å². The number of allylic oxidation sites excluding steroid dienone is 2. The molecule has 1 atom stereocenters. The summed E-state index contributed by atoms with van der Waals surface area (Å²) in [6.07, 6.45) is 22.1. The Balaban J connectivity index is 3.78. The van der Waals surface area contributed by atoms with Gasteiger partial charge in [0.15, 0.2) is 6.29 Å². The van der Waals surface area contributed by atoms with Crippen molar-refractivity contribution in [1.29, 1.82) is 0 Å². The van der Waals surface area contributed by atoms with Crippen molar-refractivity contribution in [1.82, 2.24) is 4.90 Å². The second-order valence-corrected chi connectivity index (χ2v) is 8.57. The molecule has 0 radical (unpaired) electrons. The van der Waals surface area contributed by atoms with Crippen molar-refractivity contribution < 1.29 is 20.4 Å². The average molecular weight is 430 g/mol. The maximum Gasteiger partial charge on any atom is 0.151 e. The molecule has 0 saturated carbocycles. The van der Waals surface area contributed by atoms with E-state index < -0.39 is 6.29 Å². The van der Waals surface area contributed by atoms with E-state index in [2.05, 4.69) is 24.0 Å². The van der Waals surface area contributed by atoms with Crippen molar-refractivity contribution >= 4 is 0 Å². The first-order valence-electron chi connectivity index (χ1n) is 12.6.